The lowest BCUT2D eigenvalue weighted by Gasteiger charge is -2.34. The summed E-state index contributed by atoms with van der Waals surface area (Å²) in [4.78, 5) is 26.0. The Morgan fingerprint density at radius 2 is 1.93 bits per heavy atom. The van der Waals surface area contributed by atoms with E-state index in [2.05, 4.69) is 37.3 Å². The molecule has 2 N–H and O–H groups in total. The van der Waals surface area contributed by atoms with E-state index in [1.54, 1.807) is 13.3 Å². The molecule has 0 amide bonds. The van der Waals surface area contributed by atoms with E-state index in [0.29, 0.717) is 11.9 Å². The Labute approximate surface area is 176 Å². The summed E-state index contributed by atoms with van der Waals surface area (Å²) in [6.07, 6.45) is 4.57. The number of pyridine rings is 1. The van der Waals surface area contributed by atoms with Crippen molar-refractivity contribution < 1.29 is 4.74 Å². The van der Waals surface area contributed by atoms with Gasteiger partial charge in [-0.1, -0.05) is 6.92 Å². The summed E-state index contributed by atoms with van der Waals surface area (Å²) in [6, 6.07) is 14.0. The molecule has 2 aromatic heterocycles. The van der Waals surface area contributed by atoms with Gasteiger partial charge in [-0.25, -0.2) is 9.97 Å². The number of piperidine rings is 1. The van der Waals surface area contributed by atoms with Crippen LogP contribution < -0.4 is 20.5 Å². The fourth-order valence-electron chi connectivity index (χ4n) is 3.73. The molecule has 1 aliphatic heterocycles. The number of H-pyrrole nitrogens is 1. The van der Waals surface area contributed by atoms with Crippen LogP contribution in [0.1, 0.15) is 25.5 Å². The molecule has 3 heterocycles. The van der Waals surface area contributed by atoms with Crippen LogP contribution in [0.3, 0.4) is 0 Å². The van der Waals surface area contributed by atoms with E-state index >= 15 is 0 Å². The fraction of sp³-hybridized carbons (Fsp3) is 0.348. The first-order chi connectivity index (χ1) is 14.6. The molecule has 0 atom stereocenters. The summed E-state index contributed by atoms with van der Waals surface area (Å²) >= 11 is 0. The number of methoxy groups -OCH3 is 1. The monoisotopic (exact) mass is 405 g/mol. The van der Waals surface area contributed by atoms with Crippen molar-refractivity contribution in [2.75, 3.05) is 30.4 Å². The van der Waals surface area contributed by atoms with Gasteiger partial charge in [-0.3, -0.25) is 4.79 Å². The van der Waals surface area contributed by atoms with E-state index < -0.39 is 0 Å². The lowest BCUT2D eigenvalue weighted by atomic mass is 10.0. The second kappa shape index (κ2) is 8.98. The highest BCUT2D eigenvalue weighted by Crippen LogP contribution is 2.24. The standard InChI is InChI=1S/C23H27N5O2/c1-3-17-14-22(29)27-23(26-17)16-4-9-21(24-15-16)25-18-10-12-28(13-11-18)19-5-7-20(30-2)8-6-19/h4-9,14-15,18H,3,10-13H2,1-2H3,(H,24,25)(H,26,27,29). The largest absolute Gasteiger partial charge is 0.497 e. The van der Waals surface area contributed by atoms with Gasteiger partial charge in [0.1, 0.15) is 17.4 Å². The highest BCUT2D eigenvalue weighted by Gasteiger charge is 2.19. The molecular formula is C23H27N5O2. The van der Waals surface area contributed by atoms with Crippen molar-refractivity contribution in [3.05, 3.63) is 64.7 Å². The molecule has 4 rings (SSSR count). The first-order valence-electron chi connectivity index (χ1n) is 10.4. The molecule has 1 saturated heterocycles. The highest BCUT2D eigenvalue weighted by molar-refractivity contribution is 5.56. The number of rotatable bonds is 6. The van der Waals surface area contributed by atoms with Gasteiger partial charge in [0.15, 0.2) is 0 Å². The maximum absolute atomic E-state index is 11.8. The first-order valence-corrected chi connectivity index (χ1v) is 10.4. The number of anilines is 2. The number of hydrogen-bond acceptors (Lipinski definition) is 6. The zero-order chi connectivity index (χ0) is 20.9. The van der Waals surface area contributed by atoms with Crippen molar-refractivity contribution in [2.45, 2.75) is 32.2 Å². The molecule has 1 aliphatic rings. The van der Waals surface area contributed by atoms with Crippen LogP contribution in [-0.2, 0) is 6.42 Å². The predicted molar refractivity (Wildman–Crippen MR) is 119 cm³/mol. The summed E-state index contributed by atoms with van der Waals surface area (Å²) in [7, 11) is 1.69. The number of nitrogens with zero attached hydrogens (tertiary/aromatic N) is 3. The van der Waals surface area contributed by atoms with Crippen LogP contribution >= 0.6 is 0 Å². The molecule has 0 aliphatic carbocycles. The molecule has 3 aromatic rings. The van der Waals surface area contributed by atoms with Crippen LogP contribution in [0.25, 0.3) is 11.4 Å². The minimum atomic E-state index is -0.136. The quantitative estimate of drug-likeness (QED) is 0.653. The number of hydrogen-bond donors (Lipinski definition) is 2. The minimum Gasteiger partial charge on any atom is -0.497 e. The van der Waals surface area contributed by atoms with Crippen molar-refractivity contribution in [1.29, 1.82) is 0 Å². The molecule has 0 bridgehead atoms. The number of aromatic amines is 1. The lowest BCUT2D eigenvalue weighted by molar-refractivity contribution is 0.414. The normalized spacial score (nSPS) is 14.5. The third-order valence-electron chi connectivity index (χ3n) is 5.48. The maximum atomic E-state index is 11.8. The zero-order valence-corrected chi connectivity index (χ0v) is 17.4. The van der Waals surface area contributed by atoms with E-state index in [1.807, 2.05) is 31.2 Å². The average molecular weight is 406 g/mol. The molecule has 7 nitrogen and oxygen atoms in total. The maximum Gasteiger partial charge on any atom is 0.251 e. The molecule has 156 valence electrons. The predicted octanol–water partition coefficient (Wildman–Crippen LogP) is 3.48. The van der Waals surface area contributed by atoms with Crippen molar-refractivity contribution in [2.24, 2.45) is 0 Å². The van der Waals surface area contributed by atoms with Gasteiger partial charge in [0.2, 0.25) is 0 Å². The summed E-state index contributed by atoms with van der Waals surface area (Å²) in [5.74, 6) is 2.28. The summed E-state index contributed by atoms with van der Waals surface area (Å²) in [6.45, 7) is 3.98. The second-order valence-corrected chi connectivity index (χ2v) is 7.47. The number of nitrogens with one attached hydrogen (secondary N) is 2. The van der Waals surface area contributed by atoms with Gasteiger partial charge in [-0.2, -0.15) is 0 Å². The lowest BCUT2D eigenvalue weighted by Crippen LogP contribution is -2.39. The molecule has 0 saturated carbocycles. The SMILES string of the molecule is CCc1cc(=O)[nH]c(-c2ccc(NC3CCN(c4ccc(OC)cc4)CC3)nc2)n1. The Morgan fingerprint density at radius 3 is 2.57 bits per heavy atom. The van der Waals surface area contributed by atoms with Gasteiger partial charge in [-0.15, -0.1) is 0 Å². The topological polar surface area (TPSA) is 83.1 Å². The fourth-order valence-corrected chi connectivity index (χ4v) is 3.73. The Balaban J connectivity index is 1.35. The van der Waals surface area contributed by atoms with E-state index in [0.717, 1.165) is 55.2 Å². The Morgan fingerprint density at radius 1 is 1.17 bits per heavy atom. The molecule has 1 aromatic carbocycles. The van der Waals surface area contributed by atoms with Crippen LogP contribution in [0.5, 0.6) is 5.75 Å². The van der Waals surface area contributed by atoms with E-state index in [1.165, 1.54) is 11.8 Å². The second-order valence-electron chi connectivity index (χ2n) is 7.47. The van der Waals surface area contributed by atoms with Crippen LogP contribution in [0.2, 0.25) is 0 Å². The Kier molecular flexibility index (Phi) is 5.97. The summed E-state index contributed by atoms with van der Waals surface area (Å²) in [5, 5.41) is 3.53. The Hall–Kier alpha value is -3.35. The van der Waals surface area contributed by atoms with Gasteiger partial charge in [0.05, 0.1) is 7.11 Å². The third-order valence-corrected chi connectivity index (χ3v) is 5.48. The zero-order valence-electron chi connectivity index (χ0n) is 17.4. The van der Waals surface area contributed by atoms with E-state index in [-0.39, 0.29) is 5.56 Å². The van der Waals surface area contributed by atoms with Gasteiger partial charge in [0, 0.05) is 48.3 Å². The van der Waals surface area contributed by atoms with Gasteiger partial charge in [-0.05, 0) is 55.7 Å². The van der Waals surface area contributed by atoms with Crippen molar-refractivity contribution in [1.82, 2.24) is 15.0 Å². The number of benzene rings is 1. The van der Waals surface area contributed by atoms with Crippen LogP contribution in [-0.4, -0.2) is 41.2 Å². The van der Waals surface area contributed by atoms with Crippen LogP contribution in [0, 0.1) is 0 Å². The number of aromatic nitrogens is 3. The molecule has 7 heteroatoms. The van der Waals surface area contributed by atoms with Gasteiger partial charge in [0.25, 0.3) is 5.56 Å². The van der Waals surface area contributed by atoms with E-state index in [4.69, 9.17) is 4.74 Å². The smallest absolute Gasteiger partial charge is 0.251 e. The Bertz CT molecular complexity index is 1020. The minimum absolute atomic E-state index is 0.136. The number of ether oxygens (including phenoxy) is 1. The number of aryl methyl sites for hydroxylation is 1. The van der Waals surface area contributed by atoms with Crippen molar-refractivity contribution >= 4 is 11.5 Å². The molecular weight excluding hydrogens is 378 g/mol. The van der Waals surface area contributed by atoms with Gasteiger partial charge < -0.3 is 19.9 Å². The molecule has 1 fully saturated rings. The first kappa shape index (κ1) is 19.9. The van der Waals surface area contributed by atoms with Crippen LogP contribution in [0.15, 0.2) is 53.5 Å². The summed E-state index contributed by atoms with van der Waals surface area (Å²) in [5.41, 5.74) is 2.68. The van der Waals surface area contributed by atoms with Crippen molar-refractivity contribution in [3.63, 3.8) is 0 Å². The molecule has 0 spiro atoms. The molecule has 0 unspecified atom stereocenters. The van der Waals surface area contributed by atoms with E-state index in [9.17, 15) is 4.79 Å². The molecule has 0 radical (unpaired) electrons. The highest BCUT2D eigenvalue weighted by atomic mass is 16.5. The molecule has 30 heavy (non-hydrogen) atoms. The third kappa shape index (κ3) is 4.62. The van der Waals surface area contributed by atoms with Crippen LogP contribution in [0.4, 0.5) is 11.5 Å². The summed E-state index contributed by atoms with van der Waals surface area (Å²) < 4.78 is 5.24. The van der Waals surface area contributed by atoms with Gasteiger partial charge >= 0.3 is 0 Å². The average Bonchev–Trinajstić information content (AvgIpc) is 2.80. The van der Waals surface area contributed by atoms with Crippen molar-refractivity contribution in [3.8, 4) is 17.1 Å².